The smallest absolute Gasteiger partial charge is 0.465 e. The number of hydrogen-bond donors (Lipinski definition) is 0. The topological polar surface area (TPSA) is 59.3 Å². The summed E-state index contributed by atoms with van der Waals surface area (Å²) in [5, 5.41) is 8.89. The SMILES string of the molecule is CCc1cc(OC(F)(F)F)c(C(=O)OC)cc1C#N. The van der Waals surface area contributed by atoms with Crippen LogP contribution in [0.2, 0.25) is 0 Å². The van der Waals surface area contributed by atoms with Gasteiger partial charge in [0.15, 0.2) is 0 Å². The Morgan fingerprint density at radius 1 is 1.42 bits per heavy atom. The average molecular weight is 273 g/mol. The maximum atomic E-state index is 12.3. The number of ether oxygens (including phenoxy) is 2. The zero-order valence-electron chi connectivity index (χ0n) is 10.2. The van der Waals surface area contributed by atoms with E-state index in [-0.39, 0.29) is 5.56 Å². The van der Waals surface area contributed by atoms with Crippen LogP contribution in [0.5, 0.6) is 5.75 Å². The largest absolute Gasteiger partial charge is 0.573 e. The van der Waals surface area contributed by atoms with Crippen molar-refractivity contribution < 1.29 is 27.4 Å². The van der Waals surface area contributed by atoms with E-state index in [0.717, 1.165) is 19.2 Å². The van der Waals surface area contributed by atoms with E-state index >= 15 is 0 Å². The fourth-order valence-electron chi connectivity index (χ4n) is 1.50. The molecule has 0 saturated carbocycles. The molecule has 0 saturated heterocycles. The third-order valence-electron chi connectivity index (χ3n) is 2.34. The highest BCUT2D eigenvalue weighted by Crippen LogP contribution is 2.30. The summed E-state index contributed by atoms with van der Waals surface area (Å²) in [4.78, 5) is 11.4. The van der Waals surface area contributed by atoms with Crippen LogP contribution in [0.1, 0.15) is 28.4 Å². The van der Waals surface area contributed by atoms with E-state index in [1.807, 2.05) is 6.07 Å². The van der Waals surface area contributed by atoms with Crippen LogP contribution >= 0.6 is 0 Å². The fourth-order valence-corrected chi connectivity index (χ4v) is 1.50. The molecule has 0 aliphatic carbocycles. The summed E-state index contributed by atoms with van der Waals surface area (Å²) in [6.45, 7) is 1.67. The summed E-state index contributed by atoms with van der Waals surface area (Å²) in [5.74, 6) is -1.67. The number of nitriles is 1. The van der Waals surface area contributed by atoms with Crippen LogP contribution in [0.4, 0.5) is 13.2 Å². The lowest BCUT2D eigenvalue weighted by atomic mass is 10.0. The minimum Gasteiger partial charge on any atom is -0.465 e. The van der Waals surface area contributed by atoms with Gasteiger partial charge in [-0.05, 0) is 24.1 Å². The second-order valence-corrected chi connectivity index (χ2v) is 3.51. The lowest BCUT2D eigenvalue weighted by molar-refractivity contribution is -0.274. The Kier molecular flexibility index (Phi) is 4.38. The van der Waals surface area contributed by atoms with Crippen molar-refractivity contribution >= 4 is 5.97 Å². The van der Waals surface area contributed by atoms with Crippen LogP contribution in [-0.4, -0.2) is 19.4 Å². The van der Waals surface area contributed by atoms with Crippen LogP contribution in [0.25, 0.3) is 0 Å². The summed E-state index contributed by atoms with van der Waals surface area (Å²) >= 11 is 0. The van der Waals surface area contributed by atoms with Crippen molar-refractivity contribution in [2.24, 2.45) is 0 Å². The van der Waals surface area contributed by atoms with E-state index < -0.39 is 23.6 Å². The van der Waals surface area contributed by atoms with Crippen molar-refractivity contribution in [1.82, 2.24) is 0 Å². The molecule has 102 valence electrons. The molecule has 0 heterocycles. The molecule has 0 aliphatic rings. The van der Waals surface area contributed by atoms with Gasteiger partial charge in [-0.15, -0.1) is 13.2 Å². The van der Waals surface area contributed by atoms with Crippen LogP contribution in [0.3, 0.4) is 0 Å². The summed E-state index contributed by atoms with van der Waals surface area (Å²) in [6.07, 6.45) is -4.60. The van der Waals surface area contributed by atoms with Gasteiger partial charge in [0.05, 0.1) is 18.7 Å². The van der Waals surface area contributed by atoms with Crippen molar-refractivity contribution in [2.45, 2.75) is 19.7 Å². The van der Waals surface area contributed by atoms with E-state index in [0.29, 0.717) is 12.0 Å². The number of nitrogens with zero attached hydrogens (tertiary/aromatic N) is 1. The number of carbonyl (C=O) groups excluding carboxylic acids is 1. The molecule has 0 amide bonds. The summed E-state index contributed by atoms with van der Waals surface area (Å²) in [6, 6.07) is 3.87. The van der Waals surface area contributed by atoms with Crippen LogP contribution in [-0.2, 0) is 11.2 Å². The molecule has 0 atom stereocenters. The number of aryl methyl sites for hydroxylation is 1. The maximum absolute atomic E-state index is 12.3. The Morgan fingerprint density at radius 2 is 2.05 bits per heavy atom. The van der Waals surface area contributed by atoms with Gasteiger partial charge in [0, 0.05) is 0 Å². The van der Waals surface area contributed by atoms with Crippen molar-refractivity contribution in [3.05, 3.63) is 28.8 Å². The molecule has 1 aromatic carbocycles. The van der Waals surface area contributed by atoms with Gasteiger partial charge < -0.3 is 9.47 Å². The zero-order valence-corrected chi connectivity index (χ0v) is 10.2. The van der Waals surface area contributed by atoms with E-state index in [2.05, 4.69) is 9.47 Å². The molecule has 0 N–H and O–H groups in total. The first kappa shape index (κ1) is 14.8. The molecular formula is C12H10F3NO3. The number of hydrogen-bond acceptors (Lipinski definition) is 4. The van der Waals surface area contributed by atoms with Crippen LogP contribution in [0, 0.1) is 11.3 Å². The Bertz CT molecular complexity index is 532. The monoisotopic (exact) mass is 273 g/mol. The standard InChI is InChI=1S/C12H10F3NO3/c1-3-7-5-10(19-12(13,14)15)9(11(17)18-2)4-8(7)6-16/h4-5H,3H2,1-2H3. The van der Waals surface area contributed by atoms with E-state index in [1.165, 1.54) is 0 Å². The van der Waals surface area contributed by atoms with Crippen LogP contribution in [0.15, 0.2) is 12.1 Å². The first-order valence-corrected chi connectivity index (χ1v) is 5.23. The number of methoxy groups -OCH3 is 1. The van der Waals surface area contributed by atoms with Gasteiger partial charge >= 0.3 is 12.3 Å². The van der Waals surface area contributed by atoms with Gasteiger partial charge in [0.2, 0.25) is 0 Å². The van der Waals surface area contributed by atoms with Gasteiger partial charge in [-0.25, -0.2) is 4.79 Å². The summed E-state index contributed by atoms with van der Waals surface area (Å²) in [7, 11) is 1.03. The normalized spacial score (nSPS) is 10.7. The van der Waals surface area contributed by atoms with Crippen molar-refractivity contribution in [2.75, 3.05) is 7.11 Å². The maximum Gasteiger partial charge on any atom is 0.573 e. The molecule has 0 bridgehead atoms. The predicted molar refractivity (Wildman–Crippen MR) is 58.6 cm³/mol. The first-order valence-electron chi connectivity index (χ1n) is 5.23. The second-order valence-electron chi connectivity index (χ2n) is 3.51. The average Bonchev–Trinajstić information content (AvgIpc) is 2.35. The van der Waals surface area contributed by atoms with E-state index in [1.54, 1.807) is 6.92 Å². The molecule has 0 aromatic heterocycles. The number of rotatable bonds is 3. The molecule has 7 heteroatoms. The Hall–Kier alpha value is -2.23. The van der Waals surface area contributed by atoms with E-state index in [4.69, 9.17) is 5.26 Å². The van der Waals surface area contributed by atoms with Gasteiger partial charge in [-0.1, -0.05) is 6.92 Å². The van der Waals surface area contributed by atoms with Crippen molar-refractivity contribution in [3.63, 3.8) is 0 Å². The Balaban J connectivity index is 3.41. The number of alkyl halides is 3. The number of halogens is 3. The van der Waals surface area contributed by atoms with Crippen molar-refractivity contribution in [1.29, 1.82) is 5.26 Å². The minimum atomic E-state index is -4.93. The highest BCUT2D eigenvalue weighted by Gasteiger charge is 2.33. The lowest BCUT2D eigenvalue weighted by Crippen LogP contribution is -2.20. The summed E-state index contributed by atoms with van der Waals surface area (Å²) in [5.41, 5.74) is 0.0282. The first-order chi connectivity index (χ1) is 8.82. The highest BCUT2D eigenvalue weighted by atomic mass is 19.4. The van der Waals surface area contributed by atoms with Crippen molar-refractivity contribution in [3.8, 4) is 11.8 Å². The van der Waals surface area contributed by atoms with E-state index in [9.17, 15) is 18.0 Å². The molecule has 0 spiro atoms. The fraction of sp³-hybridized carbons (Fsp3) is 0.333. The zero-order chi connectivity index (χ0) is 14.6. The van der Waals surface area contributed by atoms with Crippen LogP contribution < -0.4 is 4.74 Å². The lowest BCUT2D eigenvalue weighted by Gasteiger charge is -2.14. The highest BCUT2D eigenvalue weighted by molar-refractivity contribution is 5.93. The molecule has 0 radical (unpaired) electrons. The molecule has 0 aliphatic heterocycles. The number of carbonyl (C=O) groups is 1. The third kappa shape index (κ3) is 3.61. The quantitative estimate of drug-likeness (QED) is 0.794. The number of benzene rings is 1. The molecule has 0 fully saturated rings. The van der Waals surface area contributed by atoms with Gasteiger partial charge in [0.25, 0.3) is 0 Å². The molecule has 19 heavy (non-hydrogen) atoms. The van der Waals surface area contributed by atoms with Gasteiger partial charge in [-0.2, -0.15) is 5.26 Å². The van der Waals surface area contributed by atoms with Gasteiger partial charge in [-0.3, -0.25) is 0 Å². The Labute approximate surface area is 107 Å². The second kappa shape index (κ2) is 5.61. The Morgan fingerprint density at radius 3 is 2.47 bits per heavy atom. The summed E-state index contributed by atoms with van der Waals surface area (Å²) < 4.78 is 45.0. The molecule has 1 aromatic rings. The van der Waals surface area contributed by atoms with Gasteiger partial charge in [0.1, 0.15) is 11.3 Å². The molecule has 4 nitrogen and oxygen atoms in total. The number of esters is 1. The molecular weight excluding hydrogens is 263 g/mol. The molecule has 0 unspecified atom stereocenters. The third-order valence-corrected chi connectivity index (χ3v) is 2.34. The molecule has 1 rings (SSSR count). The predicted octanol–water partition coefficient (Wildman–Crippen LogP) is 2.81. The minimum absolute atomic E-state index is 0.109.